The van der Waals surface area contributed by atoms with Crippen molar-refractivity contribution >= 4 is 5.69 Å². The number of nitrogens with one attached hydrogen (secondary N) is 1. The van der Waals surface area contributed by atoms with Gasteiger partial charge in [0.05, 0.1) is 36.0 Å². The average molecular weight is 219 g/mol. The van der Waals surface area contributed by atoms with Crippen LogP contribution in [-0.2, 0) is 20.6 Å². The summed E-state index contributed by atoms with van der Waals surface area (Å²) in [5.41, 5.74) is 4.61. The van der Waals surface area contributed by atoms with E-state index >= 15 is 0 Å². The van der Waals surface area contributed by atoms with Gasteiger partial charge in [-0.3, -0.25) is 9.36 Å². The third-order valence-electron chi connectivity index (χ3n) is 2.95. The predicted octanol–water partition coefficient (Wildman–Crippen LogP) is 1.38. The van der Waals surface area contributed by atoms with Crippen LogP contribution in [0.2, 0.25) is 0 Å². The first-order valence-corrected chi connectivity index (χ1v) is 5.29. The Balaban J connectivity index is 2.11. The largest absolute Gasteiger partial charge is 0.377 e. The number of hydrogen-bond donors (Lipinski definition) is 1. The van der Waals surface area contributed by atoms with Crippen molar-refractivity contribution in [2.75, 3.05) is 5.32 Å². The van der Waals surface area contributed by atoms with Gasteiger partial charge in [-0.15, -0.1) is 0 Å². The van der Waals surface area contributed by atoms with E-state index < -0.39 is 0 Å². The third kappa shape index (κ3) is 1.80. The monoisotopic (exact) mass is 219 g/mol. The molecule has 2 rings (SSSR count). The van der Waals surface area contributed by atoms with E-state index in [-0.39, 0.29) is 0 Å². The van der Waals surface area contributed by atoms with Crippen molar-refractivity contribution in [3.8, 4) is 0 Å². The van der Waals surface area contributed by atoms with Gasteiger partial charge < -0.3 is 5.32 Å². The lowest BCUT2D eigenvalue weighted by Gasteiger charge is -2.07. The van der Waals surface area contributed by atoms with Crippen LogP contribution in [0, 0.1) is 13.8 Å². The number of aryl methyl sites for hydroxylation is 3. The Morgan fingerprint density at radius 1 is 1.12 bits per heavy atom. The molecule has 0 spiro atoms. The molecule has 0 saturated heterocycles. The van der Waals surface area contributed by atoms with Crippen LogP contribution in [0.5, 0.6) is 0 Å². The Bertz CT molecular complexity index is 475. The maximum absolute atomic E-state index is 4.21. The second kappa shape index (κ2) is 4.00. The molecule has 0 aromatic carbocycles. The minimum Gasteiger partial charge on any atom is -0.377 e. The maximum Gasteiger partial charge on any atom is 0.0759 e. The lowest BCUT2D eigenvalue weighted by molar-refractivity contribution is 0.718. The standard InChI is InChI=1S/C11H17N5/c1-8-5-13-16(4)11(8)7-12-10-6-14-15(3)9(10)2/h5-6,12H,7H2,1-4H3. The molecular weight excluding hydrogens is 202 g/mol. The molecule has 2 aromatic heterocycles. The van der Waals surface area contributed by atoms with Crippen LogP contribution in [0.15, 0.2) is 12.4 Å². The minimum atomic E-state index is 0.773. The summed E-state index contributed by atoms with van der Waals surface area (Å²) in [6.07, 6.45) is 3.73. The summed E-state index contributed by atoms with van der Waals surface area (Å²) >= 11 is 0. The van der Waals surface area contributed by atoms with Gasteiger partial charge in [0.2, 0.25) is 0 Å². The number of rotatable bonds is 3. The van der Waals surface area contributed by atoms with Crippen LogP contribution in [-0.4, -0.2) is 19.6 Å². The molecule has 0 aliphatic carbocycles. The molecule has 0 fully saturated rings. The summed E-state index contributed by atoms with van der Waals surface area (Å²) in [6.45, 7) is 4.89. The van der Waals surface area contributed by atoms with Gasteiger partial charge >= 0.3 is 0 Å². The molecule has 0 radical (unpaired) electrons. The average Bonchev–Trinajstić information content (AvgIpc) is 2.73. The molecule has 0 unspecified atom stereocenters. The highest BCUT2D eigenvalue weighted by molar-refractivity contribution is 5.46. The Morgan fingerprint density at radius 3 is 2.31 bits per heavy atom. The summed E-state index contributed by atoms with van der Waals surface area (Å²) in [4.78, 5) is 0. The summed E-state index contributed by atoms with van der Waals surface area (Å²) in [7, 11) is 3.90. The highest BCUT2D eigenvalue weighted by Crippen LogP contribution is 2.14. The van der Waals surface area contributed by atoms with E-state index in [1.807, 2.05) is 42.8 Å². The Kier molecular flexibility index (Phi) is 2.68. The lowest BCUT2D eigenvalue weighted by Crippen LogP contribution is -2.07. The Morgan fingerprint density at radius 2 is 1.81 bits per heavy atom. The zero-order valence-electron chi connectivity index (χ0n) is 10.2. The maximum atomic E-state index is 4.21. The Hall–Kier alpha value is -1.78. The van der Waals surface area contributed by atoms with E-state index in [9.17, 15) is 0 Å². The Labute approximate surface area is 95.1 Å². The van der Waals surface area contributed by atoms with Gasteiger partial charge in [-0.25, -0.2) is 0 Å². The van der Waals surface area contributed by atoms with E-state index in [2.05, 4.69) is 22.4 Å². The summed E-state index contributed by atoms with van der Waals surface area (Å²) in [6, 6.07) is 0. The van der Waals surface area contributed by atoms with Gasteiger partial charge in [-0.2, -0.15) is 10.2 Å². The van der Waals surface area contributed by atoms with E-state index in [4.69, 9.17) is 0 Å². The topological polar surface area (TPSA) is 47.7 Å². The van der Waals surface area contributed by atoms with Gasteiger partial charge in [0.25, 0.3) is 0 Å². The quantitative estimate of drug-likeness (QED) is 0.848. The molecule has 0 bridgehead atoms. The van der Waals surface area contributed by atoms with Crippen LogP contribution in [0.4, 0.5) is 5.69 Å². The van der Waals surface area contributed by atoms with Gasteiger partial charge in [-0.1, -0.05) is 0 Å². The molecule has 0 aliphatic heterocycles. The molecular formula is C11H17N5. The van der Waals surface area contributed by atoms with Gasteiger partial charge in [0, 0.05) is 14.1 Å². The van der Waals surface area contributed by atoms with E-state index in [1.54, 1.807) is 0 Å². The lowest BCUT2D eigenvalue weighted by atomic mass is 10.2. The molecule has 16 heavy (non-hydrogen) atoms. The molecule has 0 amide bonds. The predicted molar refractivity (Wildman–Crippen MR) is 63.2 cm³/mol. The first kappa shape index (κ1) is 10.7. The van der Waals surface area contributed by atoms with Crippen molar-refractivity contribution in [1.29, 1.82) is 0 Å². The summed E-state index contributed by atoms with van der Waals surface area (Å²) in [5.74, 6) is 0. The number of hydrogen-bond acceptors (Lipinski definition) is 3. The van der Waals surface area contributed by atoms with Crippen molar-refractivity contribution in [2.24, 2.45) is 14.1 Å². The fraction of sp³-hybridized carbons (Fsp3) is 0.455. The fourth-order valence-corrected chi connectivity index (χ4v) is 1.68. The molecule has 86 valence electrons. The second-order valence-corrected chi connectivity index (χ2v) is 4.02. The summed E-state index contributed by atoms with van der Waals surface area (Å²) < 4.78 is 3.76. The van der Waals surface area contributed by atoms with Crippen molar-refractivity contribution < 1.29 is 0 Å². The molecule has 0 aliphatic rings. The molecule has 0 saturated carbocycles. The molecule has 5 nitrogen and oxygen atoms in total. The van der Waals surface area contributed by atoms with Crippen molar-refractivity contribution in [3.63, 3.8) is 0 Å². The van der Waals surface area contributed by atoms with Crippen molar-refractivity contribution in [1.82, 2.24) is 19.6 Å². The molecule has 0 atom stereocenters. The van der Waals surface area contributed by atoms with Crippen LogP contribution in [0.25, 0.3) is 0 Å². The molecule has 1 N–H and O–H groups in total. The third-order valence-corrected chi connectivity index (χ3v) is 2.95. The van der Waals surface area contributed by atoms with Gasteiger partial charge in [0.1, 0.15) is 0 Å². The minimum absolute atomic E-state index is 0.773. The fourth-order valence-electron chi connectivity index (χ4n) is 1.68. The first-order valence-electron chi connectivity index (χ1n) is 5.29. The van der Waals surface area contributed by atoms with Gasteiger partial charge in [0.15, 0.2) is 0 Å². The van der Waals surface area contributed by atoms with E-state index in [0.29, 0.717) is 0 Å². The SMILES string of the molecule is Cc1cnn(C)c1CNc1cnn(C)c1C. The van der Waals surface area contributed by atoms with Crippen LogP contribution < -0.4 is 5.32 Å². The van der Waals surface area contributed by atoms with Gasteiger partial charge in [-0.05, 0) is 19.4 Å². The second-order valence-electron chi connectivity index (χ2n) is 4.02. The zero-order chi connectivity index (χ0) is 11.7. The van der Waals surface area contributed by atoms with E-state index in [1.165, 1.54) is 11.3 Å². The van der Waals surface area contributed by atoms with Crippen molar-refractivity contribution in [2.45, 2.75) is 20.4 Å². The number of anilines is 1. The van der Waals surface area contributed by atoms with Crippen LogP contribution in [0.3, 0.4) is 0 Å². The highest BCUT2D eigenvalue weighted by Gasteiger charge is 2.06. The molecule has 2 aromatic rings. The number of nitrogens with zero attached hydrogens (tertiary/aromatic N) is 4. The highest BCUT2D eigenvalue weighted by atomic mass is 15.3. The normalized spacial score (nSPS) is 10.8. The molecule has 2 heterocycles. The van der Waals surface area contributed by atoms with Crippen LogP contribution in [0.1, 0.15) is 17.0 Å². The van der Waals surface area contributed by atoms with E-state index in [0.717, 1.165) is 17.9 Å². The summed E-state index contributed by atoms with van der Waals surface area (Å²) in [5, 5.41) is 11.8. The number of aromatic nitrogens is 4. The zero-order valence-corrected chi connectivity index (χ0v) is 10.2. The van der Waals surface area contributed by atoms with Crippen molar-refractivity contribution in [3.05, 3.63) is 29.3 Å². The van der Waals surface area contributed by atoms with Crippen LogP contribution >= 0.6 is 0 Å². The first-order chi connectivity index (χ1) is 7.59. The molecule has 5 heteroatoms. The smallest absolute Gasteiger partial charge is 0.0759 e.